The van der Waals surface area contributed by atoms with E-state index < -0.39 is 0 Å². The first-order valence-corrected chi connectivity index (χ1v) is 12.8. The maximum Gasteiger partial charge on any atom is 0.254 e. The molecule has 1 aliphatic rings. The zero-order valence-corrected chi connectivity index (χ0v) is 21.0. The zero-order valence-electron chi connectivity index (χ0n) is 21.0. The highest BCUT2D eigenvalue weighted by atomic mass is 19.1. The van der Waals surface area contributed by atoms with Gasteiger partial charge in [0, 0.05) is 31.1 Å². The van der Waals surface area contributed by atoms with E-state index in [2.05, 4.69) is 42.7 Å². The van der Waals surface area contributed by atoms with Crippen molar-refractivity contribution in [2.75, 3.05) is 13.1 Å². The fourth-order valence-electron chi connectivity index (χ4n) is 5.23. The summed E-state index contributed by atoms with van der Waals surface area (Å²) in [6, 6.07) is 20.9. The Morgan fingerprint density at radius 3 is 2.61 bits per heavy atom. The number of piperidine rings is 1. The van der Waals surface area contributed by atoms with Crippen LogP contribution in [0.4, 0.5) is 4.39 Å². The van der Waals surface area contributed by atoms with Gasteiger partial charge in [0.2, 0.25) is 0 Å². The topological polar surface area (TPSA) is 38.1 Å². The van der Waals surface area contributed by atoms with Crippen LogP contribution in [0, 0.1) is 12.7 Å². The number of carbonyl (C=O) groups excluding carboxylic acids is 1. The first-order valence-electron chi connectivity index (χ1n) is 12.8. The lowest BCUT2D eigenvalue weighted by Gasteiger charge is -2.32. The number of aryl methyl sites for hydroxylation is 1. The summed E-state index contributed by atoms with van der Waals surface area (Å²) in [6.07, 6.45) is 6.82. The molecule has 5 heteroatoms. The van der Waals surface area contributed by atoms with Gasteiger partial charge in [-0.3, -0.25) is 4.79 Å². The van der Waals surface area contributed by atoms with Crippen LogP contribution in [0.15, 0.2) is 72.8 Å². The molecule has 1 aromatic heterocycles. The number of aromatic nitrogens is 2. The van der Waals surface area contributed by atoms with E-state index in [0.29, 0.717) is 19.6 Å². The molecule has 4 nitrogen and oxygen atoms in total. The lowest BCUT2D eigenvalue weighted by molar-refractivity contribution is 0.0710. The predicted octanol–water partition coefficient (Wildman–Crippen LogP) is 6.98. The third-order valence-electron chi connectivity index (χ3n) is 7.14. The molecule has 0 radical (unpaired) electrons. The summed E-state index contributed by atoms with van der Waals surface area (Å²) in [6.45, 7) is 6.11. The van der Waals surface area contributed by atoms with Crippen molar-refractivity contribution in [3.63, 3.8) is 0 Å². The van der Waals surface area contributed by atoms with Crippen LogP contribution >= 0.6 is 0 Å². The quantitative estimate of drug-likeness (QED) is 0.298. The second kappa shape index (κ2) is 10.5. The third-order valence-corrected chi connectivity index (χ3v) is 7.14. The Bertz CT molecular complexity index is 1410. The molecule has 184 valence electrons. The standard InChI is InChI=1S/C31H32FN3O/c1-3-4-12-26-22(2)9-7-13-27(26)31(36)34-18-16-24(17-19-34)30-33-28-14-5-6-15-29(28)35(30)21-23-10-8-11-25(32)20-23/h4-15,20,24H,3,16-19,21H2,1-2H3/b12-4-. The molecule has 4 aromatic rings. The van der Waals surface area contributed by atoms with Crippen LogP contribution in [0.3, 0.4) is 0 Å². The number of carbonyl (C=O) groups is 1. The van der Waals surface area contributed by atoms with Crippen molar-refractivity contribution in [3.8, 4) is 0 Å². The van der Waals surface area contributed by atoms with E-state index in [-0.39, 0.29) is 17.6 Å². The highest BCUT2D eigenvalue weighted by molar-refractivity contribution is 5.98. The number of fused-ring (bicyclic) bond motifs is 1. The largest absolute Gasteiger partial charge is 0.339 e. The molecule has 0 atom stereocenters. The maximum atomic E-state index is 13.9. The Labute approximate surface area is 212 Å². The molecule has 2 heterocycles. The van der Waals surface area contributed by atoms with Gasteiger partial charge in [0.15, 0.2) is 0 Å². The SMILES string of the molecule is CC/C=C\c1c(C)cccc1C(=O)N1CCC(c2nc3ccccc3n2Cc2cccc(F)c2)CC1. The second-order valence-electron chi connectivity index (χ2n) is 9.59. The molecule has 0 aliphatic carbocycles. The fraction of sp³-hybridized carbons (Fsp3) is 0.290. The molecule has 0 N–H and O–H groups in total. The molecule has 0 bridgehead atoms. The first-order chi connectivity index (χ1) is 17.5. The molecule has 1 saturated heterocycles. The normalized spacial score (nSPS) is 14.7. The Hall–Kier alpha value is -3.73. The predicted molar refractivity (Wildman–Crippen MR) is 144 cm³/mol. The molecular weight excluding hydrogens is 449 g/mol. The van der Waals surface area contributed by atoms with Crippen molar-refractivity contribution < 1.29 is 9.18 Å². The number of allylic oxidation sites excluding steroid dienone is 1. The van der Waals surface area contributed by atoms with Crippen LogP contribution in [0.25, 0.3) is 17.1 Å². The minimum absolute atomic E-state index is 0.0983. The van der Waals surface area contributed by atoms with Gasteiger partial charge in [0.1, 0.15) is 11.6 Å². The summed E-state index contributed by atoms with van der Waals surface area (Å²) in [5.74, 6) is 1.14. The van der Waals surface area contributed by atoms with Gasteiger partial charge in [-0.2, -0.15) is 0 Å². The Morgan fingerprint density at radius 2 is 1.83 bits per heavy atom. The van der Waals surface area contributed by atoms with Crippen molar-refractivity contribution in [1.82, 2.24) is 14.5 Å². The number of hydrogen-bond donors (Lipinski definition) is 0. The minimum Gasteiger partial charge on any atom is -0.339 e. The second-order valence-corrected chi connectivity index (χ2v) is 9.59. The summed E-state index contributed by atoms with van der Waals surface area (Å²) in [5.41, 5.74) is 5.84. The minimum atomic E-state index is -0.227. The number of likely N-dealkylation sites (tertiary alicyclic amines) is 1. The number of amides is 1. The Balaban J connectivity index is 1.38. The Morgan fingerprint density at radius 1 is 1.06 bits per heavy atom. The molecule has 0 saturated carbocycles. The zero-order chi connectivity index (χ0) is 25.1. The molecule has 1 aliphatic heterocycles. The van der Waals surface area contributed by atoms with Crippen molar-refractivity contribution >= 4 is 23.0 Å². The summed E-state index contributed by atoms with van der Waals surface area (Å²) >= 11 is 0. The van der Waals surface area contributed by atoms with Gasteiger partial charge >= 0.3 is 0 Å². The molecule has 36 heavy (non-hydrogen) atoms. The average molecular weight is 482 g/mol. The third kappa shape index (κ3) is 4.83. The number of hydrogen-bond acceptors (Lipinski definition) is 2. The number of nitrogens with zero attached hydrogens (tertiary/aromatic N) is 3. The molecule has 0 unspecified atom stereocenters. The van der Waals surface area contributed by atoms with Gasteiger partial charge in [-0.05, 0) is 73.2 Å². The number of halogens is 1. The van der Waals surface area contributed by atoms with E-state index in [9.17, 15) is 9.18 Å². The van der Waals surface area contributed by atoms with E-state index in [1.165, 1.54) is 6.07 Å². The highest BCUT2D eigenvalue weighted by Gasteiger charge is 2.29. The smallest absolute Gasteiger partial charge is 0.254 e. The fourth-order valence-corrected chi connectivity index (χ4v) is 5.23. The highest BCUT2D eigenvalue weighted by Crippen LogP contribution is 2.32. The summed E-state index contributed by atoms with van der Waals surface area (Å²) in [7, 11) is 0. The number of imidazole rings is 1. The number of rotatable bonds is 6. The summed E-state index contributed by atoms with van der Waals surface area (Å²) in [4.78, 5) is 20.5. The van der Waals surface area contributed by atoms with Gasteiger partial charge in [0.05, 0.1) is 11.0 Å². The van der Waals surface area contributed by atoms with Crippen LogP contribution in [-0.2, 0) is 6.54 Å². The van der Waals surface area contributed by atoms with E-state index in [1.54, 1.807) is 12.1 Å². The molecule has 0 spiro atoms. The van der Waals surface area contributed by atoms with Crippen LogP contribution in [-0.4, -0.2) is 33.4 Å². The van der Waals surface area contributed by atoms with Crippen molar-refractivity contribution in [1.29, 1.82) is 0 Å². The van der Waals surface area contributed by atoms with Crippen molar-refractivity contribution in [2.45, 2.75) is 45.6 Å². The number of benzene rings is 3. The van der Waals surface area contributed by atoms with Crippen LogP contribution < -0.4 is 0 Å². The van der Waals surface area contributed by atoms with Gasteiger partial charge in [0.25, 0.3) is 5.91 Å². The van der Waals surface area contributed by atoms with E-state index >= 15 is 0 Å². The van der Waals surface area contributed by atoms with Gasteiger partial charge < -0.3 is 9.47 Å². The molecule has 1 amide bonds. The van der Waals surface area contributed by atoms with Gasteiger partial charge in [-0.15, -0.1) is 0 Å². The van der Waals surface area contributed by atoms with Crippen LogP contribution in [0.1, 0.15) is 65.0 Å². The monoisotopic (exact) mass is 481 g/mol. The van der Waals surface area contributed by atoms with Gasteiger partial charge in [-0.1, -0.05) is 55.5 Å². The molecular formula is C31H32FN3O. The van der Waals surface area contributed by atoms with Crippen molar-refractivity contribution in [2.24, 2.45) is 0 Å². The molecule has 1 fully saturated rings. The van der Waals surface area contributed by atoms with Gasteiger partial charge in [-0.25, -0.2) is 9.37 Å². The first kappa shape index (κ1) is 24.0. The van der Waals surface area contributed by atoms with E-state index in [4.69, 9.17) is 4.98 Å². The van der Waals surface area contributed by atoms with Crippen LogP contribution in [0.5, 0.6) is 0 Å². The van der Waals surface area contributed by atoms with E-state index in [1.807, 2.05) is 41.3 Å². The Kier molecular flexibility index (Phi) is 6.99. The lowest BCUT2D eigenvalue weighted by Crippen LogP contribution is -2.38. The summed E-state index contributed by atoms with van der Waals surface area (Å²) < 4.78 is 16.1. The number of para-hydroxylation sites is 2. The molecule has 5 rings (SSSR count). The van der Waals surface area contributed by atoms with Crippen molar-refractivity contribution in [3.05, 3.63) is 107 Å². The maximum absolute atomic E-state index is 13.9. The summed E-state index contributed by atoms with van der Waals surface area (Å²) in [5, 5.41) is 0. The average Bonchev–Trinajstić information content (AvgIpc) is 3.26. The lowest BCUT2D eigenvalue weighted by atomic mass is 9.94. The van der Waals surface area contributed by atoms with Crippen LogP contribution in [0.2, 0.25) is 0 Å². The molecule has 3 aromatic carbocycles. The van der Waals surface area contributed by atoms with E-state index in [0.717, 1.165) is 58.4 Å².